The second-order valence-electron chi connectivity index (χ2n) is 8.01. The van der Waals surface area contributed by atoms with Crippen LogP contribution >= 0.6 is 0 Å². The molecule has 194 valence electrons. The van der Waals surface area contributed by atoms with Crippen molar-refractivity contribution in [2.24, 2.45) is 0 Å². The van der Waals surface area contributed by atoms with Crippen molar-refractivity contribution in [2.45, 2.75) is 13.5 Å². The summed E-state index contributed by atoms with van der Waals surface area (Å²) >= 11 is 0. The lowest BCUT2D eigenvalue weighted by Crippen LogP contribution is -2.54. The monoisotopic (exact) mass is 517 g/mol. The zero-order valence-electron chi connectivity index (χ0n) is 20.5. The van der Waals surface area contributed by atoms with Gasteiger partial charge in [-0.05, 0) is 72.7 Å². The van der Waals surface area contributed by atoms with Gasteiger partial charge < -0.3 is 14.2 Å². The van der Waals surface area contributed by atoms with Crippen LogP contribution in [0.3, 0.4) is 0 Å². The molecule has 0 unspecified atom stereocenters. The number of non-ortho nitro benzene ring substituents is 1. The second kappa shape index (κ2) is 11.2. The van der Waals surface area contributed by atoms with Crippen molar-refractivity contribution in [1.82, 2.24) is 5.32 Å². The van der Waals surface area contributed by atoms with Crippen molar-refractivity contribution < 1.29 is 33.5 Å². The number of anilines is 1. The number of hydrogen-bond donors (Lipinski definition) is 1. The fraction of sp³-hybridized carbons (Fsp3) is 0.148. The maximum Gasteiger partial charge on any atom is 0.335 e. The third kappa shape index (κ3) is 5.62. The Kier molecular flexibility index (Phi) is 7.66. The molecule has 38 heavy (non-hydrogen) atoms. The number of imide groups is 2. The topological polar surface area (TPSA) is 137 Å². The molecule has 1 saturated heterocycles. The zero-order valence-corrected chi connectivity index (χ0v) is 20.5. The molecule has 0 aliphatic carbocycles. The number of hydrogen-bond acceptors (Lipinski definition) is 8. The number of carbonyl (C=O) groups excluding carboxylic acids is 3. The van der Waals surface area contributed by atoms with E-state index in [2.05, 4.69) is 5.32 Å². The molecule has 1 fully saturated rings. The van der Waals surface area contributed by atoms with Crippen LogP contribution in [0.4, 0.5) is 16.2 Å². The van der Waals surface area contributed by atoms with Gasteiger partial charge in [0.25, 0.3) is 17.5 Å². The lowest BCUT2D eigenvalue weighted by atomic mass is 10.1. The molecule has 0 saturated carbocycles. The van der Waals surface area contributed by atoms with Crippen molar-refractivity contribution in [3.8, 4) is 17.2 Å². The highest BCUT2D eigenvalue weighted by atomic mass is 16.6. The fourth-order valence-electron chi connectivity index (χ4n) is 3.68. The Labute approximate surface area is 217 Å². The van der Waals surface area contributed by atoms with Gasteiger partial charge in [0.2, 0.25) is 0 Å². The number of urea groups is 1. The van der Waals surface area contributed by atoms with E-state index in [4.69, 9.17) is 14.2 Å². The third-order valence-electron chi connectivity index (χ3n) is 5.55. The molecule has 4 rings (SSSR count). The summed E-state index contributed by atoms with van der Waals surface area (Å²) < 4.78 is 16.6. The standard InChI is InChI=1S/C27H23N3O8/c1-3-37-21-11-9-19(10-12-21)29-26(32)22(25(31)28-27(29)33)14-18-6-13-23(24(15-18)36-2)38-16-17-4-7-20(8-5-17)30(34)35/h4-15H,3,16H2,1-2H3,(H,28,31,33)/b22-14-. The van der Waals surface area contributed by atoms with E-state index in [1.165, 1.54) is 25.3 Å². The first-order valence-corrected chi connectivity index (χ1v) is 11.5. The van der Waals surface area contributed by atoms with Gasteiger partial charge in [-0.25, -0.2) is 9.69 Å². The summed E-state index contributed by atoms with van der Waals surface area (Å²) in [5, 5.41) is 13.0. The quantitative estimate of drug-likeness (QED) is 0.192. The first-order chi connectivity index (χ1) is 18.3. The van der Waals surface area contributed by atoms with Gasteiger partial charge in [0, 0.05) is 12.1 Å². The SMILES string of the molecule is CCOc1ccc(N2C(=O)NC(=O)/C(=C/c3ccc(OCc4ccc([N+](=O)[O-])cc4)c(OC)c3)C2=O)cc1. The molecule has 11 nitrogen and oxygen atoms in total. The number of ether oxygens (including phenoxy) is 3. The van der Waals surface area contributed by atoms with Gasteiger partial charge in [-0.2, -0.15) is 0 Å². The molecular weight excluding hydrogens is 494 g/mol. The molecule has 3 aromatic carbocycles. The highest BCUT2D eigenvalue weighted by molar-refractivity contribution is 6.39. The molecular formula is C27H23N3O8. The number of barbiturate groups is 1. The zero-order chi connectivity index (χ0) is 27.2. The summed E-state index contributed by atoms with van der Waals surface area (Å²) in [6, 6.07) is 16.3. The molecule has 0 spiro atoms. The van der Waals surface area contributed by atoms with Crippen molar-refractivity contribution >= 4 is 35.3 Å². The van der Waals surface area contributed by atoms with Crippen LogP contribution in [0.2, 0.25) is 0 Å². The number of nitro groups is 1. The van der Waals surface area contributed by atoms with E-state index in [1.54, 1.807) is 54.6 Å². The third-order valence-corrected chi connectivity index (χ3v) is 5.55. The molecule has 0 aromatic heterocycles. The van der Waals surface area contributed by atoms with Crippen LogP contribution in [0.15, 0.2) is 72.3 Å². The minimum atomic E-state index is -0.853. The fourth-order valence-corrected chi connectivity index (χ4v) is 3.68. The van der Waals surface area contributed by atoms with Gasteiger partial charge in [0.1, 0.15) is 17.9 Å². The number of nitrogens with one attached hydrogen (secondary N) is 1. The molecule has 1 aliphatic rings. The average molecular weight is 517 g/mol. The largest absolute Gasteiger partial charge is 0.494 e. The Hall–Kier alpha value is -5.19. The highest BCUT2D eigenvalue weighted by Gasteiger charge is 2.36. The molecule has 0 bridgehead atoms. The molecule has 3 aromatic rings. The van der Waals surface area contributed by atoms with Crippen LogP contribution in [-0.4, -0.2) is 36.5 Å². The van der Waals surface area contributed by atoms with Gasteiger partial charge in [-0.1, -0.05) is 6.07 Å². The number of nitro benzene ring substituents is 1. The number of methoxy groups -OCH3 is 1. The van der Waals surface area contributed by atoms with Gasteiger partial charge in [-0.15, -0.1) is 0 Å². The Morgan fingerprint density at radius 3 is 2.29 bits per heavy atom. The number of nitrogens with zero attached hydrogens (tertiary/aromatic N) is 2. The van der Waals surface area contributed by atoms with Crippen molar-refractivity contribution in [1.29, 1.82) is 0 Å². The maximum atomic E-state index is 13.2. The highest BCUT2D eigenvalue weighted by Crippen LogP contribution is 2.31. The van der Waals surface area contributed by atoms with E-state index in [1.807, 2.05) is 6.92 Å². The van der Waals surface area contributed by atoms with Crippen LogP contribution in [-0.2, 0) is 16.2 Å². The molecule has 0 atom stereocenters. The normalized spacial score (nSPS) is 14.3. The lowest BCUT2D eigenvalue weighted by molar-refractivity contribution is -0.384. The maximum absolute atomic E-state index is 13.2. The molecule has 1 aliphatic heterocycles. The van der Waals surface area contributed by atoms with Crippen LogP contribution in [0, 0.1) is 10.1 Å². The van der Waals surface area contributed by atoms with E-state index >= 15 is 0 Å². The van der Waals surface area contributed by atoms with E-state index in [0.29, 0.717) is 35.0 Å². The van der Waals surface area contributed by atoms with E-state index < -0.39 is 22.8 Å². The average Bonchev–Trinajstić information content (AvgIpc) is 2.91. The van der Waals surface area contributed by atoms with Crippen LogP contribution in [0.1, 0.15) is 18.1 Å². The van der Waals surface area contributed by atoms with Crippen molar-refractivity contribution in [3.63, 3.8) is 0 Å². The predicted molar refractivity (Wildman–Crippen MR) is 137 cm³/mol. The summed E-state index contributed by atoms with van der Waals surface area (Å²) in [4.78, 5) is 49.3. The van der Waals surface area contributed by atoms with E-state index in [9.17, 15) is 24.5 Å². The van der Waals surface area contributed by atoms with Gasteiger partial charge in [0.15, 0.2) is 11.5 Å². The van der Waals surface area contributed by atoms with Crippen LogP contribution in [0.5, 0.6) is 17.2 Å². The first kappa shape index (κ1) is 25.9. The Balaban J connectivity index is 1.54. The molecule has 11 heteroatoms. The Bertz CT molecular complexity index is 1420. The van der Waals surface area contributed by atoms with Crippen molar-refractivity contribution in [2.75, 3.05) is 18.6 Å². The molecule has 1 N–H and O–H groups in total. The molecule has 0 radical (unpaired) electrons. The summed E-state index contributed by atoms with van der Waals surface area (Å²) in [5.41, 5.74) is 1.20. The Morgan fingerprint density at radius 1 is 0.947 bits per heavy atom. The Morgan fingerprint density at radius 2 is 1.66 bits per heavy atom. The summed E-state index contributed by atoms with van der Waals surface area (Å²) in [7, 11) is 1.44. The van der Waals surface area contributed by atoms with Gasteiger partial charge in [0.05, 0.1) is 24.3 Å². The first-order valence-electron chi connectivity index (χ1n) is 11.5. The van der Waals surface area contributed by atoms with Gasteiger partial charge in [-0.3, -0.25) is 25.0 Å². The number of rotatable bonds is 9. The smallest absolute Gasteiger partial charge is 0.335 e. The minimum Gasteiger partial charge on any atom is -0.494 e. The van der Waals surface area contributed by atoms with Crippen LogP contribution in [0.25, 0.3) is 6.08 Å². The molecule has 4 amide bonds. The van der Waals surface area contributed by atoms with Crippen LogP contribution < -0.4 is 24.4 Å². The summed E-state index contributed by atoms with van der Waals surface area (Å²) in [5.74, 6) is -0.293. The summed E-state index contributed by atoms with van der Waals surface area (Å²) in [6.45, 7) is 2.44. The van der Waals surface area contributed by atoms with Gasteiger partial charge >= 0.3 is 6.03 Å². The molecule has 1 heterocycles. The second-order valence-corrected chi connectivity index (χ2v) is 8.01. The van der Waals surface area contributed by atoms with E-state index in [-0.39, 0.29) is 23.6 Å². The number of benzene rings is 3. The number of amides is 4. The van der Waals surface area contributed by atoms with E-state index in [0.717, 1.165) is 4.90 Å². The summed E-state index contributed by atoms with van der Waals surface area (Å²) in [6.07, 6.45) is 1.36. The minimum absolute atomic E-state index is 0.0205. The van der Waals surface area contributed by atoms with Crippen molar-refractivity contribution in [3.05, 3.63) is 93.5 Å². The lowest BCUT2D eigenvalue weighted by Gasteiger charge is -2.26. The predicted octanol–water partition coefficient (Wildman–Crippen LogP) is 4.25. The number of carbonyl (C=O) groups is 3.